The largest absolute Gasteiger partial charge is 0.497 e. The summed E-state index contributed by atoms with van der Waals surface area (Å²) < 4.78 is 10.8. The van der Waals surface area contributed by atoms with Crippen molar-refractivity contribution in [2.24, 2.45) is 0 Å². The Morgan fingerprint density at radius 2 is 1.86 bits per heavy atom. The van der Waals surface area contributed by atoms with E-state index in [0.29, 0.717) is 11.3 Å². The number of para-hydroxylation sites is 1. The predicted octanol–water partition coefficient (Wildman–Crippen LogP) is 3.93. The van der Waals surface area contributed by atoms with Gasteiger partial charge in [-0.15, -0.1) is 0 Å². The van der Waals surface area contributed by atoms with Crippen LogP contribution in [-0.2, 0) is 0 Å². The number of methoxy groups -OCH3 is 1. The molecule has 0 spiro atoms. The molecule has 0 saturated heterocycles. The number of benzene rings is 2. The Morgan fingerprint density at radius 3 is 2.55 bits per heavy atom. The number of nitro groups is 1. The molecule has 3 aromatic rings. The standard InChI is InChI=1S/C16H12N2O4/c1-21-12-8-6-11(7-9-12)15-10-17-16(22-15)13-4-2-3-5-14(13)18(19)20/h2-10H,1H3. The fourth-order valence-electron chi connectivity index (χ4n) is 2.10. The van der Waals surface area contributed by atoms with Crippen LogP contribution in [0.4, 0.5) is 5.69 Å². The molecule has 0 amide bonds. The predicted molar refractivity (Wildman–Crippen MR) is 80.6 cm³/mol. The molecule has 0 N–H and O–H groups in total. The average Bonchev–Trinajstić information content (AvgIpc) is 3.04. The monoisotopic (exact) mass is 296 g/mol. The lowest BCUT2D eigenvalue weighted by Gasteiger charge is -2.00. The van der Waals surface area contributed by atoms with Crippen molar-refractivity contribution in [3.05, 3.63) is 64.8 Å². The maximum absolute atomic E-state index is 11.1. The Labute approximate surface area is 126 Å². The summed E-state index contributed by atoms with van der Waals surface area (Å²) in [6.45, 7) is 0. The number of hydrogen-bond donors (Lipinski definition) is 0. The van der Waals surface area contributed by atoms with E-state index in [1.54, 1.807) is 31.5 Å². The van der Waals surface area contributed by atoms with Crippen molar-refractivity contribution in [2.75, 3.05) is 7.11 Å². The Balaban J connectivity index is 1.98. The van der Waals surface area contributed by atoms with Gasteiger partial charge in [0.25, 0.3) is 5.69 Å². The molecular formula is C16H12N2O4. The number of aromatic nitrogens is 1. The van der Waals surface area contributed by atoms with E-state index in [-0.39, 0.29) is 11.6 Å². The maximum atomic E-state index is 11.1. The molecule has 0 aliphatic rings. The molecule has 1 aromatic heterocycles. The van der Waals surface area contributed by atoms with Crippen molar-refractivity contribution < 1.29 is 14.1 Å². The van der Waals surface area contributed by atoms with Gasteiger partial charge in [-0.1, -0.05) is 12.1 Å². The molecule has 0 unspecified atom stereocenters. The number of nitrogens with zero attached hydrogens (tertiary/aromatic N) is 2. The first-order chi connectivity index (χ1) is 10.7. The van der Waals surface area contributed by atoms with Gasteiger partial charge < -0.3 is 9.15 Å². The highest BCUT2D eigenvalue weighted by Gasteiger charge is 2.18. The van der Waals surface area contributed by atoms with E-state index in [9.17, 15) is 10.1 Å². The summed E-state index contributed by atoms with van der Waals surface area (Å²) in [5, 5.41) is 11.1. The smallest absolute Gasteiger partial charge is 0.282 e. The van der Waals surface area contributed by atoms with E-state index >= 15 is 0 Å². The van der Waals surface area contributed by atoms with Crippen molar-refractivity contribution in [1.29, 1.82) is 0 Å². The van der Waals surface area contributed by atoms with Crippen LogP contribution in [0.3, 0.4) is 0 Å². The Hall–Kier alpha value is -3.15. The van der Waals surface area contributed by atoms with Gasteiger partial charge in [-0.05, 0) is 30.3 Å². The summed E-state index contributed by atoms with van der Waals surface area (Å²) in [5.74, 6) is 1.50. The molecule has 0 radical (unpaired) electrons. The molecule has 0 atom stereocenters. The first kappa shape index (κ1) is 13.8. The molecule has 0 bridgehead atoms. The minimum absolute atomic E-state index is 0.0365. The van der Waals surface area contributed by atoms with Crippen LogP contribution >= 0.6 is 0 Å². The number of ether oxygens (including phenoxy) is 1. The second kappa shape index (κ2) is 5.69. The first-order valence-corrected chi connectivity index (χ1v) is 6.53. The van der Waals surface area contributed by atoms with Crippen molar-refractivity contribution >= 4 is 5.69 Å². The molecule has 110 valence electrons. The molecule has 6 heteroatoms. The van der Waals surface area contributed by atoms with E-state index < -0.39 is 4.92 Å². The van der Waals surface area contributed by atoms with Crippen LogP contribution in [-0.4, -0.2) is 17.0 Å². The normalized spacial score (nSPS) is 10.4. The molecule has 0 aliphatic heterocycles. The minimum Gasteiger partial charge on any atom is -0.497 e. The van der Waals surface area contributed by atoms with Gasteiger partial charge in [0.05, 0.1) is 18.2 Å². The molecule has 2 aromatic carbocycles. The van der Waals surface area contributed by atoms with E-state index in [2.05, 4.69) is 4.98 Å². The van der Waals surface area contributed by atoms with Crippen molar-refractivity contribution in [3.8, 4) is 28.5 Å². The summed E-state index contributed by atoms with van der Waals surface area (Å²) in [4.78, 5) is 14.8. The molecule has 0 aliphatic carbocycles. The summed E-state index contributed by atoms with van der Waals surface area (Å²) in [6.07, 6.45) is 1.55. The third-order valence-corrected chi connectivity index (χ3v) is 3.21. The van der Waals surface area contributed by atoms with Gasteiger partial charge in [0.1, 0.15) is 11.3 Å². The molecular weight excluding hydrogens is 284 g/mol. The molecule has 1 heterocycles. The van der Waals surface area contributed by atoms with Gasteiger partial charge >= 0.3 is 0 Å². The number of rotatable bonds is 4. The zero-order chi connectivity index (χ0) is 15.5. The van der Waals surface area contributed by atoms with Crippen molar-refractivity contribution in [1.82, 2.24) is 4.98 Å². The zero-order valence-electron chi connectivity index (χ0n) is 11.7. The molecule has 22 heavy (non-hydrogen) atoms. The molecule has 6 nitrogen and oxygen atoms in total. The molecule has 3 rings (SSSR count). The minimum atomic E-state index is -0.452. The van der Waals surface area contributed by atoms with E-state index in [4.69, 9.17) is 9.15 Å². The van der Waals surface area contributed by atoms with Gasteiger partial charge in [-0.3, -0.25) is 10.1 Å². The highest BCUT2D eigenvalue weighted by atomic mass is 16.6. The lowest BCUT2D eigenvalue weighted by molar-refractivity contribution is -0.384. The van der Waals surface area contributed by atoms with Crippen LogP contribution in [0.25, 0.3) is 22.8 Å². The Kier molecular flexibility index (Phi) is 3.57. The van der Waals surface area contributed by atoms with Gasteiger partial charge in [0.2, 0.25) is 5.89 Å². The maximum Gasteiger partial charge on any atom is 0.282 e. The molecule has 0 fully saturated rings. The summed E-state index contributed by atoms with van der Waals surface area (Å²) in [5.41, 5.74) is 1.14. The van der Waals surface area contributed by atoms with Gasteiger partial charge in [-0.25, -0.2) is 4.98 Å². The van der Waals surface area contributed by atoms with E-state index in [0.717, 1.165) is 11.3 Å². The summed E-state index contributed by atoms with van der Waals surface area (Å²) >= 11 is 0. The highest BCUT2D eigenvalue weighted by molar-refractivity contribution is 5.68. The third-order valence-electron chi connectivity index (χ3n) is 3.21. The van der Waals surface area contributed by atoms with Crippen LogP contribution in [0, 0.1) is 10.1 Å². The second-order valence-corrected chi connectivity index (χ2v) is 4.53. The van der Waals surface area contributed by atoms with Crippen LogP contribution in [0.1, 0.15) is 0 Å². The molecule has 0 saturated carbocycles. The van der Waals surface area contributed by atoms with E-state index in [1.165, 1.54) is 6.07 Å². The quantitative estimate of drug-likeness (QED) is 0.538. The lowest BCUT2D eigenvalue weighted by atomic mass is 10.2. The van der Waals surface area contributed by atoms with Gasteiger partial charge in [0, 0.05) is 11.6 Å². The van der Waals surface area contributed by atoms with E-state index in [1.807, 2.05) is 24.3 Å². The zero-order valence-corrected chi connectivity index (χ0v) is 11.7. The topological polar surface area (TPSA) is 78.4 Å². The fourth-order valence-corrected chi connectivity index (χ4v) is 2.10. The fraction of sp³-hybridized carbons (Fsp3) is 0.0625. The first-order valence-electron chi connectivity index (χ1n) is 6.53. The number of hydrogen-bond acceptors (Lipinski definition) is 5. The summed E-state index contributed by atoms with van der Waals surface area (Å²) in [7, 11) is 1.59. The van der Waals surface area contributed by atoms with Crippen LogP contribution in [0.5, 0.6) is 5.75 Å². The number of oxazole rings is 1. The average molecular weight is 296 g/mol. The highest BCUT2D eigenvalue weighted by Crippen LogP contribution is 2.32. The summed E-state index contributed by atoms with van der Waals surface area (Å²) in [6, 6.07) is 13.6. The van der Waals surface area contributed by atoms with Gasteiger partial charge in [-0.2, -0.15) is 0 Å². The van der Waals surface area contributed by atoms with Crippen molar-refractivity contribution in [3.63, 3.8) is 0 Å². The van der Waals surface area contributed by atoms with Crippen LogP contribution in [0.15, 0.2) is 59.1 Å². The second-order valence-electron chi connectivity index (χ2n) is 4.53. The van der Waals surface area contributed by atoms with Gasteiger partial charge in [0.15, 0.2) is 5.76 Å². The van der Waals surface area contributed by atoms with Crippen molar-refractivity contribution in [2.45, 2.75) is 0 Å². The Morgan fingerprint density at radius 1 is 1.14 bits per heavy atom. The lowest BCUT2D eigenvalue weighted by Crippen LogP contribution is -1.91. The van der Waals surface area contributed by atoms with Crippen LogP contribution < -0.4 is 4.74 Å². The Bertz CT molecular complexity index is 809. The third kappa shape index (κ3) is 2.54. The number of nitro benzene ring substituents is 1. The van der Waals surface area contributed by atoms with Crippen LogP contribution in [0.2, 0.25) is 0 Å². The SMILES string of the molecule is COc1ccc(-c2cnc(-c3ccccc3[N+](=O)[O-])o2)cc1.